The van der Waals surface area contributed by atoms with Crippen LogP contribution >= 0.6 is 12.2 Å². The minimum Gasteiger partial charge on any atom is -0.375 e. The van der Waals surface area contributed by atoms with Crippen molar-refractivity contribution in [2.45, 2.75) is 46.7 Å². The molecule has 224 valence electrons. The Hall–Kier alpha value is -4.21. The number of thiocarbonyl (C=S) groups is 1. The lowest BCUT2D eigenvalue weighted by molar-refractivity contribution is -0.119. The quantitative estimate of drug-likeness (QED) is 0.205. The number of hydrogen-bond donors (Lipinski definition) is 2. The molecule has 1 fully saturated rings. The number of hydrogen-bond acceptors (Lipinski definition) is 5. The number of anilines is 3. The molecule has 2 N–H and O–H groups in total. The zero-order valence-corrected chi connectivity index (χ0v) is 26.5. The second-order valence-corrected chi connectivity index (χ2v) is 11.2. The van der Waals surface area contributed by atoms with Gasteiger partial charge in [-0.1, -0.05) is 6.07 Å². The molecule has 1 aliphatic heterocycles. The largest absolute Gasteiger partial charge is 0.375 e. The van der Waals surface area contributed by atoms with Crippen molar-refractivity contribution in [2.75, 3.05) is 41.9 Å². The number of pyridine rings is 1. The standard InChI is InChI=1S/C34H40N6O2S/c1-7-38(8-2)25-12-14-26(15-13-25)39-23(4)20-28(24(39)5)33-32(30-11-9-10-18-35-30)37-34(43)40(33)27-16-17-29(22(3)19-27)36-31(41)21-42-6/h9-20,32-33H,7-8,21H2,1-6H3,(H,36,41)(H,37,43)/t32-,33+/m0/s1. The van der Waals surface area contributed by atoms with Crippen LogP contribution in [0.25, 0.3) is 5.69 Å². The van der Waals surface area contributed by atoms with E-state index in [4.69, 9.17) is 21.9 Å². The van der Waals surface area contributed by atoms with Crippen molar-refractivity contribution in [1.29, 1.82) is 0 Å². The average Bonchev–Trinajstić information content (AvgIpc) is 3.50. The predicted molar refractivity (Wildman–Crippen MR) is 178 cm³/mol. The molecule has 9 heteroatoms. The van der Waals surface area contributed by atoms with Crippen LogP contribution < -0.4 is 20.4 Å². The normalized spacial score (nSPS) is 16.3. The molecule has 3 heterocycles. The summed E-state index contributed by atoms with van der Waals surface area (Å²) < 4.78 is 7.29. The first kappa shape index (κ1) is 30.3. The van der Waals surface area contributed by atoms with Crippen LogP contribution in [0.15, 0.2) is 72.9 Å². The van der Waals surface area contributed by atoms with Gasteiger partial charge in [-0.05, 0) is 119 Å². The smallest absolute Gasteiger partial charge is 0.250 e. The van der Waals surface area contributed by atoms with Gasteiger partial charge in [0.15, 0.2) is 5.11 Å². The minimum atomic E-state index is -0.192. The summed E-state index contributed by atoms with van der Waals surface area (Å²) in [6, 6.07) is 22.7. The fraction of sp³-hybridized carbons (Fsp3) is 0.324. The molecule has 0 radical (unpaired) electrons. The monoisotopic (exact) mass is 596 g/mol. The van der Waals surface area contributed by atoms with Crippen LogP contribution in [-0.4, -0.2) is 47.4 Å². The first-order valence-electron chi connectivity index (χ1n) is 14.7. The van der Waals surface area contributed by atoms with E-state index >= 15 is 0 Å². The summed E-state index contributed by atoms with van der Waals surface area (Å²) in [5.74, 6) is -0.192. The number of carbonyl (C=O) groups excluding carboxylic acids is 1. The summed E-state index contributed by atoms with van der Waals surface area (Å²) in [5.41, 5.74) is 9.35. The second kappa shape index (κ2) is 13.0. The van der Waals surface area contributed by atoms with Crippen molar-refractivity contribution >= 4 is 40.3 Å². The third kappa shape index (κ3) is 6.00. The fourth-order valence-corrected chi connectivity index (χ4v) is 6.44. The zero-order chi connectivity index (χ0) is 30.7. The molecular weight excluding hydrogens is 556 g/mol. The topological polar surface area (TPSA) is 74.7 Å². The van der Waals surface area contributed by atoms with Gasteiger partial charge in [0, 0.05) is 60.5 Å². The van der Waals surface area contributed by atoms with Gasteiger partial charge in [-0.3, -0.25) is 9.78 Å². The molecule has 8 nitrogen and oxygen atoms in total. The Morgan fingerprint density at radius 1 is 1.02 bits per heavy atom. The predicted octanol–water partition coefficient (Wildman–Crippen LogP) is 6.41. The van der Waals surface area contributed by atoms with Gasteiger partial charge in [0.25, 0.3) is 0 Å². The average molecular weight is 597 g/mol. The molecular formula is C34H40N6O2S. The van der Waals surface area contributed by atoms with Gasteiger partial charge in [-0.15, -0.1) is 0 Å². The third-order valence-corrected chi connectivity index (χ3v) is 8.48. The zero-order valence-electron chi connectivity index (χ0n) is 25.7. The van der Waals surface area contributed by atoms with Crippen LogP contribution in [0.1, 0.15) is 54.1 Å². The number of benzene rings is 2. The molecule has 0 unspecified atom stereocenters. The lowest BCUT2D eigenvalue weighted by atomic mass is 9.96. The lowest BCUT2D eigenvalue weighted by Crippen LogP contribution is -2.29. The highest BCUT2D eigenvalue weighted by atomic mass is 32.1. The van der Waals surface area contributed by atoms with Crippen LogP contribution in [0.3, 0.4) is 0 Å². The molecule has 1 aliphatic rings. The van der Waals surface area contributed by atoms with E-state index in [0.717, 1.165) is 52.8 Å². The number of aromatic nitrogens is 2. The van der Waals surface area contributed by atoms with Gasteiger partial charge in [0.2, 0.25) is 5.91 Å². The van der Waals surface area contributed by atoms with Crippen LogP contribution in [0, 0.1) is 20.8 Å². The van der Waals surface area contributed by atoms with E-state index in [1.54, 1.807) is 0 Å². The van der Waals surface area contributed by atoms with Gasteiger partial charge < -0.3 is 29.7 Å². The van der Waals surface area contributed by atoms with E-state index in [1.807, 2.05) is 43.5 Å². The van der Waals surface area contributed by atoms with Gasteiger partial charge in [0.1, 0.15) is 6.61 Å². The number of aryl methyl sites for hydroxylation is 2. The van der Waals surface area contributed by atoms with E-state index in [0.29, 0.717) is 5.11 Å². The van der Waals surface area contributed by atoms with Crippen LogP contribution in [0.2, 0.25) is 0 Å². The number of rotatable bonds is 10. The Bertz CT molecular complexity index is 1600. The summed E-state index contributed by atoms with van der Waals surface area (Å²) in [6.45, 7) is 12.6. The van der Waals surface area contributed by atoms with E-state index in [1.165, 1.54) is 18.4 Å². The lowest BCUT2D eigenvalue weighted by Gasteiger charge is -2.29. The Balaban J connectivity index is 1.57. The maximum atomic E-state index is 12.2. The van der Waals surface area contributed by atoms with Crippen molar-refractivity contribution in [3.05, 3.63) is 101 Å². The fourth-order valence-electron chi connectivity index (χ4n) is 6.09. The molecule has 0 saturated carbocycles. The Labute approximate surface area is 259 Å². The first-order valence-corrected chi connectivity index (χ1v) is 15.1. The SMILES string of the molecule is CCN(CC)c1ccc(-n2c(C)cc([C@@H]3[C@H](c4ccccn4)NC(=S)N3c3ccc(NC(=O)COC)c(C)c3)c2C)cc1. The molecule has 0 spiro atoms. The van der Waals surface area contributed by atoms with Crippen molar-refractivity contribution in [1.82, 2.24) is 14.9 Å². The summed E-state index contributed by atoms with van der Waals surface area (Å²) in [5, 5.41) is 7.13. The third-order valence-electron chi connectivity index (χ3n) is 8.16. The number of ether oxygens (including phenoxy) is 1. The maximum absolute atomic E-state index is 12.2. The van der Waals surface area contributed by atoms with E-state index < -0.39 is 0 Å². The molecule has 0 bridgehead atoms. The van der Waals surface area contributed by atoms with E-state index in [2.05, 4.69) is 89.1 Å². The van der Waals surface area contributed by atoms with Crippen LogP contribution in [-0.2, 0) is 9.53 Å². The summed E-state index contributed by atoms with van der Waals surface area (Å²) >= 11 is 5.98. The molecule has 1 saturated heterocycles. The highest BCUT2D eigenvalue weighted by Crippen LogP contribution is 2.44. The molecule has 5 rings (SSSR count). The number of methoxy groups -OCH3 is 1. The first-order chi connectivity index (χ1) is 20.8. The molecule has 43 heavy (non-hydrogen) atoms. The number of carbonyl (C=O) groups is 1. The molecule has 2 aromatic heterocycles. The van der Waals surface area contributed by atoms with Crippen LogP contribution in [0.4, 0.5) is 17.1 Å². The van der Waals surface area contributed by atoms with Crippen molar-refractivity contribution < 1.29 is 9.53 Å². The highest BCUT2D eigenvalue weighted by Gasteiger charge is 2.42. The highest BCUT2D eigenvalue weighted by molar-refractivity contribution is 7.80. The molecule has 1 amide bonds. The molecule has 2 aromatic carbocycles. The van der Waals surface area contributed by atoms with E-state index in [9.17, 15) is 4.79 Å². The minimum absolute atomic E-state index is 0.00294. The van der Waals surface area contributed by atoms with Crippen molar-refractivity contribution in [3.8, 4) is 5.69 Å². The van der Waals surface area contributed by atoms with Gasteiger partial charge in [0.05, 0.1) is 17.8 Å². The second-order valence-electron chi connectivity index (χ2n) is 10.8. The van der Waals surface area contributed by atoms with Gasteiger partial charge in [-0.25, -0.2) is 0 Å². The van der Waals surface area contributed by atoms with Gasteiger partial charge >= 0.3 is 0 Å². The Morgan fingerprint density at radius 3 is 2.37 bits per heavy atom. The Kier molecular flexibility index (Phi) is 9.13. The van der Waals surface area contributed by atoms with Crippen molar-refractivity contribution in [3.63, 3.8) is 0 Å². The number of amides is 1. The number of nitrogens with one attached hydrogen (secondary N) is 2. The molecule has 0 aliphatic carbocycles. The van der Waals surface area contributed by atoms with Gasteiger partial charge in [-0.2, -0.15) is 0 Å². The van der Waals surface area contributed by atoms with E-state index in [-0.39, 0.29) is 24.6 Å². The molecule has 2 atom stereocenters. The summed E-state index contributed by atoms with van der Waals surface area (Å²) in [4.78, 5) is 21.4. The summed E-state index contributed by atoms with van der Waals surface area (Å²) in [6.07, 6.45) is 1.82. The Morgan fingerprint density at radius 2 is 1.74 bits per heavy atom. The summed E-state index contributed by atoms with van der Waals surface area (Å²) in [7, 11) is 1.51. The maximum Gasteiger partial charge on any atom is 0.250 e. The number of nitrogens with zero attached hydrogens (tertiary/aromatic N) is 4. The van der Waals surface area contributed by atoms with Crippen LogP contribution in [0.5, 0.6) is 0 Å². The van der Waals surface area contributed by atoms with Crippen molar-refractivity contribution in [2.24, 2.45) is 0 Å². The molecule has 4 aromatic rings.